The highest BCUT2D eigenvalue weighted by molar-refractivity contribution is 7.90. The summed E-state index contributed by atoms with van der Waals surface area (Å²) in [4.78, 5) is 0. The van der Waals surface area contributed by atoms with Gasteiger partial charge in [0.1, 0.15) is 16.4 Å². The maximum absolute atomic E-state index is 13.2. The largest absolute Gasteiger partial charge is 0.598 e. The summed E-state index contributed by atoms with van der Waals surface area (Å²) in [5, 5.41) is 0. The topological polar surface area (TPSA) is 35.1 Å². The standard InChI is InChI=1S/C14H19F2NOS/c1-5-6-13(17-19(18)14(2,3)4)10-7-11(15)9-12(16)8-10/h5,7-9,13,17H,1,6H2,2-4H3/t13-,19?/m0/s1. The van der Waals surface area contributed by atoms with Crippen LogP contribution < -0.4 is 4.72 Å². The lowest BCUT2D eigenvalue weighted by atomic mass is 10.0. The van der Waals surface area contributed by atoms with Crippen LogP contribution in [0.3, 0.4) is 0 Å². The molecule has 0 aliphatic heterocycles. The highest BCUT2D eigenvalue weighted by atomic mass is 32.2. The lowest BCUT2D eigenvalue weighted by Gasteiger charge is -2.27. The molecule has 0 spiro atoms. The Labute approximate surface area is 116 Å². The second kappa shape index (κ2) is 6.50. The lowest BCUT2D eigenvalue weighted by Crippen LogP contribution is -2.41. The first kappa shape index (κ1) is 16.1. The van der Waals surface area contributed by atoms with Gasteiger partial charge in [0.2, 0.25) is 0 Å². The predicted molar refractivity (Wildman–Crippen MR) is 74.9 cm³/mol. The molecular formula is C14H19F2NOS. The van der Waals surface area contributed by atoms with E-state index < -0.39 is 33.8 Å². The summed E-state index contributed by atoms with van der Waals surface area (Å²) < 4.78 is 41.0. The molecule has 0 heterocycles. The van der Waals surface area contributed by atoms with Crippen LogP contribution in [0.4, 0.5) is 8.78 Å². The maximum atomic E-state index is 13.2. The van der Waals surface area contributed by atoms with Crippen LogP contribution in [0.15, 0.2) is 30.9 Å². The molecule has 106 valence electrons. The molecule has 1 rings (SSSR count). The first-order chi connectivity index (χ1) is 8.74. The summed E-state index contributed by atoms with van der Waals surface area (Å²) >= 11 is -1.33. The van der Waals surface area contributed by atoms with Gasteiger partial charge in [0, 0.05) is 17.4 Å². The van der Waals surface area contributed by atoms with Crippen molar-refractivity contribution in [3.05, 3.63) is 48.1 Å². The van der Waals surface area contributed by atoms with Crippen LogP contribution in [-0.2, 0) is 11.4 Å². The monoisotopic (exact) mass is 287 g/mol. The van der Waals surface area contributed by atoms with Gasteiger partial charge < -0.3 is 4.55 Å². The normalized spacial score (nSPS) is 15.1. The van der Waals surface area contributed by atoms with E-state index in [1.807, 2.05) is 20.8 Å². The van der Waals surface area contributed by atoms with Gasteiger partial charge in [0.15, 0.2) is 0 Å². The molecule has 5 heteroatoms. The van der Waals surface area contributed by atoms with Crippen molar-refractivity contribution in [1.29, 1.82) is 0 Å². The molecule has 0 saturated carbocycles. The van der Waals surface area contributed by atoms with Gasteiger partial charge in [-0.3, -0.25) is 0 Å². The van der Waals surface area contributed by atoms with Crippen LogP contribution in [0.2, 0.25) is 0 Å². The highest BCUT2D eigenvalue weighted by Crippen LogP contribution is 2.24. The molecule has 0 fully saturated rings. The van der Waals surface area contributed by atoms with E-state index in [0.717, 1.165) is 6.07 Å². The van der Waals surface area contributed by atoms with E-state index in [4.69, 9.17) is 0 Å². The van der Waals surface area contributed by atoms with E-state index in [1.54, 1.807) is 6.08 Å². The van der Waals surface area contributed by atoms with Gasteiger partial charge in [-0.1, -0.05) is 6.08 Å². The van der Waals surface area contributed by atoms with E-state index in [1.165, 1.54) is 12.1 Å². The van der Waals surface area contributed by atoms with Crippen LogP contribution >= 0.6 is 0 Å². The molecule has 2 nitrogen and oxygen atoms in total. The van der Waals surface area contributed by atoms with Crippen LogP contribution in [-0.4, -0.2) is 9.30 Å². The molecule has 0 amide bonds. The Hall–Kier alpha value is -0.910. The zero-order valence-corrected chi connectivity index (χ0v) is 12.2. The number of nitrogens with one attached hydrogen (secondary N) is 1. The zero-order valence-electron chi connectivity index (χ0n) is 11.4. The number of hydrogen-bond acceptors (Lipinski definition) is 2. The molecule has 1 aromatic carbocycles. The first-order valence-electron chi connectivity index (χ1n) is 5.99. The number of halogens is 2. The molecule has 0 bridgehead atoms. The molecular weight excluding hydrogens is 268 g/mol. The second-order valence-electron chi connectivity index (χ2n) is 5.28. The van der Waals surface area contributed by atoms with Gasteiger partial charge >= 0.3 is 0 Å². The fraction of sp³-hybridized carbons (Fsp3) is 0.429. The van der Waals surface area contributed by atoms with Crippen LogP contribution in [0.25, 0.3) is 0 Å². The minimum absolute atomic E-state index is 0.426. The van der Waals surface area contributed by atoms with Gasteiger partial charge in [-0.15, -0.1) is 11.3 Å². The summed E-state index contributed by atoms with van der Waals surface area (Å²) in [6.07, 6.45) is 2.06. The third-order valence-corrected chi connectivity index (χ3v) is 4.11. The molecule has 1 unspecified atom stereocenters. The Morgan fingerprint density at radius 1 is 1.32 bits per heavy atom. The van der Waals surface area contributed by atoms with E-state index in [2.05, 4.69) is 11.3 Å². The van der Waals surface area contributed by atoms with Gasteiger partial charge in [-0.05, 0) is 44.9 Å². The van der Waals surface area contributed by atoms with Crippen LogP contribution in [0.5, 0.6) is 0 Å². The van der Waals surface area contributed by atoms with Gasteiger partial charge in [-0.2, -0.15) is 0 Å². The van der Waals surface area contributed by atoms with Crippen molar-refractivity contribution < 1.29 is 13.3 Å². The fourth-order valence-corrected chi connectivity index (χ4v) is 2.35. The Morgan fingerprint density at radius 2 is 1.84 bits per heavy atom. The Balaban J connectivity index is 2.96. The van der Waals surface area contributed by atoms with Gasteiger partial charge in [0.05, 0.1) is 6.04 Å². The number of hydrogen-bond donors (Lipinski definition) is 1. The zero-order chi connectivity index (χ0) is 14.6. The van der Waals surface area contributed by atoms with Crippen LogP contribution in [0, 0.1) is 11.6 Å². The third kappa shape index (κ3) is 4.93. The quantitative estimate of drug-likeness (QED) is 0.663. The smallest absolute Gasteiger partial charge is 0.136 e. The van der Waals surface area contributed by atoms with Crippen molar-refractivity contribution in [2.24, 2.45) is 0 Å². The van der Waals surface area contributed by atoms with Crippen molar-refractivity contribution in [2.45, 2.75) is 38.0 Å². The average molecular weight is 287 g/mol. The molecule has 2 atom stereocenters. The Bertz CT molecular complexity index is 425. The summed E-state index contributed by atoms with van der Waals surface area (Å²) in [5.41, 5.74) is 0.426. The summed E-state index contributed by atoms with van der Waals surface area (Å²) in [6, 6.07) is 2.87. The Kier molecular flexibility index (Phi) is 5.52. The molecule has 0 aliphatic rings. The summed E-state index contributed by atoms with van der Waals surface area (Å²) in [6.45, 7) is 9.09. The van der Waals surface area contributed by atoms with Crippen LogP contribution in [0.1, 0.15) is 38.8 Å². The van der Waals surface area contributed by atoms with Gasteiger partial charge in [0.25, 0.3) is 0 Å². The number of rotatable bonds is 5. The highest BCUT2D eigenvalue weighted by Gasteiger charge is 2.29. The minimum Gasteiger partial charge on any atom is -0.598 e. The number of benzene rings is 1. The average Bonchev–Trinajstić information content (AvgIpc) is 2.25. The molecule has 0 radical (unpaired) electrons. The molecule has 1 aromatic rings. The Morgan fingerprint density at radius 3 is 2.26 bits per heavy atom. The molecule has 0 aromatic heterocycles. The van der Waals surface area contributed by atoms with E-state index in [0.29, 0.717) is 12.0 Å². The molecule has 0 saturated heterocycles. The van der Waals surface area contributed by atoms with Crippen molar-refractivity contribution in [3.8, 4) is 0 Å². The van der Waals surface area contributed by atoms with Crippen molar-refractivity contribution >= 4 is 11.4 Å². The molecule has 0 aliphatic carbocycles. The van der Waals surface area contributed by atoms with Crippen molar-refractivity contribution in [1.82, 2.24) is 4.72 Å². The van der Waals surface area contributed by atoms with Gasteiger partial charge in [-0.25, -0.2) is 8.78 Å². The van der Waals surface area contributed by atoms with Crippen molar-refractivity contribution in [2.75, 3.05) is 0 Å². The minimum atomic E-state index is -1.33. The second-order valence-corrected chi connectivity index (χ2v) is 7.28. The lowest BCUT2D eigenvalue weighted by molar-refractivity contribution is 0.519. The third-order valence-electron chi connectivity index (χ3n) is 2.50. The first-order valence-corrected chi connectivity index (χ1v) is 7.14. The SMILES string of the molecule is C=CC[C@H](N[S+]([O-])C(C)(C)C)c1cc(F)cc(F)c1. The maximum Gasteiger partial charge on any atom is 0.136 e. The molecule has 19 heavy (non-hydrogen) atoms. The van der Waals surface area contributed by atoms with E-state index in [-0.39, 0.29) is 0 Å². The fourth-order valence-electron chi connectivity index (χ4n) is 1.50. The summed E-state index contributed by atoms with van der Waals surface area (Å²) in [5.74, 6) is -1.29. The van der Waals surface area contributed by atoms with E-state index in [9.17, 15) is 13.3 Å². The van der Waals surface area contributed by atoms with Crippen molar-refractivity contribution in [3.63, 3.8) is 0 Å². The predicted octanol–water partition coefficient (Wildman–Crippen LogP) is 3.63. The van der Waals surface area contributed by atoms with E-state index >= 15 is 0 Å². The molecule has 1 N–H and O–H groups in total. The summed E-state index contributed by atoms with van der Waals surface area (Å²) in [7, 11) is 0.